The molecule has 176 valence electrons. The van der Waals surface area contributed by atoms with Crippen molar-refractivity contribution in [3.63, 3.8) is 0 Å². The highest BCUT2D eigenvalue weighted by Crippen LogP contribution is 2.28. The Kier molecular flexibility index (Phi) is 7.57. The van der Waals surface area contributed by atoms with Gasteiger partial charge in [0, 0.05) is 23.8 Å². The largest absolute Gasteiger partial charge is 0.495 e. The molecule has 0 radical (unpaired) electrons. The Balaban J connectivity index is 1.42. The van der Waals surface area contributed by atoms with Gasteiger partial charge >= 0.3 is 0 Å². The number of morpholine rings is 1. The van der Waals surface area contributed by atoms with Crippen LogP contribution >= 0.6 is 0 Å². The number of ether oxygens (including phenoxy) is 2. The molecule has 2 amide bonds. The van der Waals surface area contributed by atoms with Crippen LogP contribution < -0.4 is 15.4 Å². The highest BCUT2D eigenvalue weighted by molar-refractivity contribution is 6.05. The maximum Gasteiger partial charge on any atom is 0.255 e. The van der Waals surface area contributed by atoms with Gasteiger partial charge in [-0.3, -0.25) is 14.5 Å². The zero-order valence-corrected chi connectivity index (χ0v) is 19.4. The van der Waals surface area contributed by atoms with Crippen LogP contribution in [0.2, 0.25) is 0 Å². The fourth-order valence-corrected chi connectivity index (χ4v) is 3.90. The van der Waals surface area contributed by atoms with Gasteiger partial charge in [0.25, 0.3) is 5.91 Å². The first-order valence-corrected chi connectivity index (χ1v) is 11.3. The Labute approximate surface area is 199 Å². The molecule has 1 unspecified atom stereocenters. The number of carbonyl (C=O) groups excluding carboxylic acids is 2. The molecule has 1 atom stereocenters. The molecule has 0 aromatic heterocycles. The number of carbonyl (C=O) groups is 2. The van der Waals surface area contributed by atoms with Crippen molar-refractivity contribution in [1.82, 2.24) is 4.90 Å². The molecule has 3 aromatic carbocycles. The van der Waals surface area contributed by atoms with E-state index in [1.807, 2.05) is 49.4 Å². The molecule has 0 spiro atoms. The third kappa shape index (κ3) is 5.81. The van der Waals surface area contributed by atoms with Gasteiger partial charge in [0.05, 0.1) is 32.6 Å². The highest BCUT2D eigenvalue weighted by atomic mass is 16.5. The third-order valence-electron chi connectivity index (χ3n) is 5.84. The number of methoxy groups -OCH3 is 1. The van der Waals surface area contributed by atoms with Crippen LogP contribution in [0.5, 0.6) is 5.75 Å². The minimum Gasteiger partial charge on any atom is -0.495 e. The van der Waals surface area contributed by atoms with Crippen molar-refractivity contribution in [2.45, 2.75) is 13.0 Å². The van der Waals surface area contributed by atoms with E-state index >= 15 is 0 Å². The predicted molar refractivity (Wildman–Crippen MR) is 133 cm³/mol. The molecule has 7 nitrogen and oxygen atoms in total. The van der Waals surface area contributed by atoms with Gasteiger partial charge in [-0.05, 0) is 48.4 Å². The van der Waals surface area contributed by atoms with Crippen LogP contribution in [-0.2, 0) is 9.53 Å². The van der Waals surface area contributed by atoms with Crippen molar-refractivity contribution >= 4 is 23.2 Å². The molecule has 4 rings (SSSR count). The summed E-state index contributed by atoms with van der Waals surface area (Å²) in [5, 5.41) is 5.81. The van der Waals surface area contributed by atoms with Crippen molar-refractivity contribution in [3.8, 4) is 16.9 Å². The van der Waals surface area contributed by atoms with Crippen LogP contribution in [0.4, 0.5) is 11.4 Å². The second-order valence-corrected chi connectivity index (χ2v) is 8.26. The molecule has 1 heterocycles. The second kappa shape index (κ2) is 11.0. The minimum absolute atomic E-state index is 0.146. The second-order valence-electron chi connectivity index (χ2n) is 8.26. The number of amides is 2. The monoisotopic (exact) mass is 459 g/mol. The van der Waals surface area contributed by atoms with Gasteiger partial charge in [0.1, 0.15) is 5.75 Å². The zero-order valence-electron chi connectivity index (χ0n) is 19.4. The maximum absolute atomic E-state index is 12.8. The summed E-state index contributed by atoms with van der Waals surface area (Å²) in [6.07, 6.45) is 0. The van der Waals surface area contributed by atoms with Gasteiger partial charge in [-0.15, -0.1) is 0 Å². The van der Waals surface area contributed by atoms with Crippen molar-refractivity contribution in [3.05, 3.63) is 78.4 Å². The number of hydrogen-bond acceptors (Lipinski definition) is 5. The summed E-state index contributed by atoms with van der Waals surface area (Å²) >= 11 is 0. The fraction of sp³-hybridized carbons (Fsp3) is 0.259. The quantitative estimate of drug-likeness (QED) is 0.552. The van der Waals surface area contributed by atoms with E-state index in [9.17, 15) is 9.59 Å². The standard InChI is InChI=1S/C27H29N3O4/c1-19-18-34-15-14-30(19)17-26(31)29-24-16-23(12-13-25(24)33-2)28-27(32)22-10-8-21(9-11-22)20-6-4-3-5-7-20/h3-13,16,19H,14-15,17-18H2,1-2H3,(H,28,32)(H,29,31). The average Bonchev–Trinajstić information content (AvgIpc) is 2.86. The molecule has 0 saturated carbocycles. The van der Waals surface area contributed by atoms with Crippen molar-refractivity contribution < 1.29 is 19.1 Å². The number of benzene rings is 3. The molecule has 1 aliphatic heterocycles. The Morgan fingerprint density at radius 1 is 1.00 bits per heavy atom. The molecule has 1 saturated heterocycles. The Morgan fingerprint density at radius 3 is 2.44 bits per heavy atom. The summed E-state index contributed by atoms with van der Waals surface area (Å²) in [7, 11) is 1.54. The summed E-state index contributed by atoms with van der Waals surface area (Å²) in [5.41, 5.74) is 3.75. The summed E-state index contributed by atoms with van der Waals surface area (Å²) in [6, 6.07) is 22.8. The van der Waals surface area contributed by atoms with Crippen molar-refractivity contribution in [2.75, 3.05) is 44.0 Å². The molecular formula is C27H29N3O4. The van der Waals surface area contributed by atoms with Crippen LogP contribution in [0.1, 0.15) is 17.3 Å². The lowest BCUT2D eigenvalue weighted by molar-refractivity contribution is -0.119. The fourth-order valence-electron chi connectivity index (χ4n) is 3.90. The molecule has 0 bridgehead atoms. The van der Waals surface area contributed by atoms with Crippen LogP contribution in [0.15, 0.2) is 72.8 Å². The van der Waals surface area contributed by atoms with Crippen molar-refractivity contribution in [1.29, 1.82) is 0 Å². The van der Waals surface area contributed by atoms with E-state index in [0.717, 1.165) is 11.1 Å². The zero-order chi connectivity index (χ0) is 23.9. The number of anilines is 2. The smallest absolute Gasteiger partial charge is 0.255 e. The van der Waals surface area contributed by atoms with Crippen molar-refractivity contribution in [2.24, 2.45) is 0 Å². The van der Waals surface area contributed by atoms with Gasteiger partial charge in [0.15, 0.2) is 0 Å². The summed E-state index contributed by atoms with van der Waals surface area (Å²) < 4.78 is 10.8. The number of nitrogens with zero attached hydrogens (tertiary/aromatic N) is 1. The van der Waals surface area contributed by atoms with Crippen LogP contribution in [0.25, 0.3) is 11.1 Å². The normalized spacial score (nSPS) is 16.0. The molecule has 2 N–H and O–H groups in total. The van der Waals surface area contributed by atoms with E-state index in [1.54, 1.807) is 37.4 Å². The number of hydrogen-bond donors (Lipinski definition) is 2. The average molecular weight is 460 g/mol. The van der Waals surface area contributed by atoms with E-state index in [1.165, 1.54) is 0 Å². The highest BCUT2D eigenvalue weighted by Gasteiger charge is 2.21. The Hall–Kier alpha value is -3.68. The predicted octanol–water partition coefficient (Wildman–Crippen LogP) is 4.27. The topological polar surface area (TPSA) is 79.9 Å². The molecule has 7 heteroatoms. The lowest BCUT2D eigenvalue weighted by atomic mass is 10.0. The van der Waals surface area contributed by atoms with E-state index in [0.29, 0.717) is 42.4 Å². The van der Waals surface area contributed by atoms with Gasteiger partial charge in [-0.1, -0.05) is 42.5 Å². The maximum atomic E-state index is 12.8. The van der Waals surface area contributed by atoms with Gasteiger partial charge < -0.3 is 20.1 Å². The summed E-state index contributed by atoms with van der Waals surface area (Å²) in [5.74, 6) is 0.143. The lowest BCUT2D eigenvalue weighted by Crippen LogP contribution is -2.47. The van der Waals surface area contributed by atoms with E-state index < -0.39 is 0 Å². The Bertz CT molecular complexity index is 1130. The Morgan fingerprint density at radius 2 is 1.74 bits per heavy atom. The van der Waals surface area contributed by atoms with E-state index in [-0.39, 0.29) is 24.4 Å². The van der Waals surface area contributed by atoms with Gasteiger partial charge in [-0.2, -0.15) is 0 Å². The van der Waals surface area contributed by atoms with Crippen LogP contribution in [0.3, 0.4) is 0 Å². The number of nitrogens with one attached hydrogen (secondary N) is 2. The van der Waals surface area contributed by atoms with Crippen LogP contribution in [0, 0.1) is 0 Å². The first-order valence-electron chi connectivity index (χ1n) is 11.3. The lowest BCUT2D eigenvalue weighted by Gasteiger charge is -2.32. The van der Waals surface area contributed by atoms with E-state index in [4.69, 9.17) is 9.47 Å². The first-order chi connectivity index (χ1) is 16.5. The number of rotatable bonds is 7. The molecule has 34 heavy (non-hydrogen) atoms. The SMILES string of the molecule is COc1ccc(NC(=O)c2ccc(-c3ccccc3)cc2)cc1NC(=O)CN1CCOCC1C. The van der Waals surface area contributed by atoms with E-state index in [2.05, 4.69) is 15.5 Å². The van der Waals surface area contributed by atoms with Gasteiger partial charge in [-0.25, -0.2) is 0 Å². The summed E-state index contributed by atoms with van der Waals surface area (Å²) in [4.78, 5) is 27.5. The minimum atomic E-state index is -0.232. The first kappa shape index (κ1) is 23.5. The summed E-state index contributed by atoms with van der Waals surface area (Å²) in [6.45, 7) is 4.25. The molecule has 1 fully saturated rings. The van der Waals surface area contributed by atoms with Crippen LogP contribution in [-0.4, -0.2) is 56.2 Å². The van der Waals surface area contributed by atoms with Gasteiger partial charge in [0.2, 0.25) is 5.91 Å². The molecule has 0 aliphatic carbocycles. The molecule has 1 aliphatic rings. The molecular weight excluding hydrogens is 430 g/mol. The third-order valence-corrected chi connectivity index (χ3v) is 5.84. The molecule has 3 aromatic rings.